The van der Waals surface area contributed by atoms with E-state index in [0.717, 1.165) is 17.4 Å². The number of carboxylic acids is 1. The molecule has 0 amide bonds. The minimum Gasteiger partial charge on any atom is -0.477 e. The second-order valence-corrected chi connectivity index (χ2v) is 7.89. The summed E-state index contributed by atoms with van der Waals surface area (Å²) in [5, 5.41) is 18.9. The zero-order valence-electron chi connectivity index (χ0n) is 12.0. The van der Waals surface area contributed by atoms with E-state index < -0.39 is 21.6 Å². The predicted molar refractivity (Wildman–Crippen MR) is 78.3 cm³/mol. The summed E-state index contributed by atoms with van der Waals surface area (Å²) in [6.07, 6.45) is 0.273. The number of methoxy groups -OCH3 is 1. The lowest BCUT2D eigenvalue weighted by Crippen LogP contribution is -2.41. The van der Waals surface area contributed by atoms with Crippen LogP contribution in [0.5, 0.6) is 0 Å². The minimum atomic E-state index is -3.87. The topological polar surface area (TPSA) is 113 Å². The number of carbonyl (C=O) groups is 1. The van der Waals surface area contributed by atoms with Gasteiger partial charge in [-0.3, -0.25) is 0 Å². The van der Waals surface area contributed by atoms with E-state index in [-0.39, 0.29) is 22.7 Å². The molecule has 1 aromatic heterocycles. The molecule has 1 aromatic rings. The number of sulfonamides is 1. The first-order valence-corrected chi connectivity index (χ1v) is 8.44. The first-order valence-electron chi connectivity index (χ1n) is 6.14. The predicted octanol–water partition coefficient (Wildman–Crippen LogP) is 0.821. The molecule has 1 unspecified atom stereocenters. The average Bonchev–Trinajstić information content (AvgIpc) is 2.78. The lowest BCUT2D eigenvalue weighted by atomic mass is 10.0. The molecular formula is C12H19NO6S2. The van der Waals surface area contributed by atoms with E-state index in [9.17, 15) is 18.3 Å². The Kier molecular flexibility index (Phi) is 5.88. The molecule has 0 aliphatic rings. The third-order valence-electron chi connectivity index (χ3n) is 2.86. The normalized spacial score (nSPS) is 14.9. The van der Waals surface area contributed by atoms with Crippen LogP contribution in [0.3, 0.4) is 0 Å². The van der Waals surface area contributed by atoms with Gasteiger partial charge in [0.05, 0.1) is 10.5 Å². The van der Waals surface area contributed by atoms with Crippen molar-refractivity contribution in [1.29, 1.82) is 0 Å². The van der Waals surface area contributed by atoms with E-state index in [1.807, 2.05) is 0 Å². The number of thiophene rings is 1. The molecule has 120 valence electrons. The van der Waals surface area contributed by atoms with E-state index in [0.29, 0.717) is 11.5 Å². The number of rotatable bonds is 8. The molecule has 0 radical (unpaired) electrons. The monoisotopic (exact) mass is 337 g/mol. The van der Waals surface area contributed by atoms with Crippen LogP contribution in [0.4, 0.5) is 0 Å². The second kappa shape index (κ2) is 6.84. The molecule has 21 heavy (non-hydrogen) atoms. The summed E-state index contributed by atoms with van der Waals surface area (Å²) in [5.74, 6) is -1.17. The highest BCUT2D eigenvalue weighted by Gasteiger charge is 2.26. The summed E-state index contributed by atoms with van der Waals surface area (Å²) in [6, 6.07) is 1.12. The molecule has 0 saturated carbocycles. The van der Waals surface area contributed by atoms with Crippen molar-refractivity contribution in [3.8, 4) is 0 Å². The van der Waals surface area contributed by atoms with Crippen LogP contribution in [-0.4, -0.2) is 50.5 Å². The van der Waals surface area contributed by atoms with Crippen LogP contribution in [0.2, 0.25) is 0 Å². The summed E-state index contributed by atoms with van der Waals surface area (Å²) in [4.78, 5) is 11.1. The maximum Gasteiger partial charge on any atom is 0.345 e. The molecule has 0 aliphatic heterocycles. The van der Waals surface area contributed by atoms with E-state index in [1.165, 1.54) is 21.0 Å². The van der Waals surface area contributed by atoms with Gasteiger partial charge in [0.25, 0.3) is 0 Å². The zero-order valence-corrected chi connectivity index (χ0v) is 13.7. The van der Waals surface area contributed by atoms with Crippen LogP contribution in [0.15, 0.2) is 11.0 Å². The van der Waals surface area contributed by atoms with E-state index in [2.05, 4.69) is 4.72 Å². The fraction of sp³-hybridized carbons (Fsp3) is 0.583. The maximum absolute atomic E-state index is 12.2. The SMILES string of the molecule is COCCC(C)(O)CNS(=O)(=O)c1cc(C(=O)O)sc1C. The third-order valence-corrected chi connectivity index (χ3v) is 5.56. The Balaban J connectivity index is 2.85. The fourth-order valence-electron chi connectivity index (χ4n) is 1.58. The molecule has 1 atom stereocenters. The number of aromatic carboxylic acids is 1. The highest BCUT2D eigenvalue weighted by atomic mass is 32.2. The highest BCUT2D eigenvalue weighted by Crippen LogP contribution is 2.25. The number of nitrogens with one attached hydrogen (secondary N) is 1. The van der Waals surface area contributed by atoms with Crippen molar-refractivity contribution in [2.75, 3.05) is 20.3 Å². The average molecular weight is 337 g/mol. The number of aryl methyl sites for hydroxylation is 1. The van der Waals surface area contributed by atoms with Crippen molar-refractivity contribution in [2.45, 2.75) is 30.8 Å². The van der Waals surface area contributed by atoms with Crippen LogP contribution < -0.4 is 4.72 Å². The Bertz CT molecular complexity index is 605. The summed E-state index contributed by atoms with van der Waals surface area (Å²) >= 11 is 0.895. The number of hydrogen-bond donors (Lipinski definition) is 3. The molecule has 0 aliphatic carbocycles. The van der Waals surface area contributed by atoms with E-state index in [4.69, 9.17) is 9.84 Å². The van der Waals surface area contributed by atoms with Crippen molar-refractivity contribution in [2.24, 2.45) is 0 Å². The molecule has 0 fully saturated rings. The molecule has 1 rings (SSSR count). The number of carboxylic acid groups (broad SMARTS) is 1. The molecule has 9 heteroatoms. The Morgan fingerprint density at radius 2 is 2.14 bits per heavy atom. The number of hydrogen-bond acceptors (Lipinski definition) is 6. The van der Waals surface area contributed by atoms with Gasteiger partial charge in [0, 0.05) is 31.6 Å². The molecular weight excluding hydrogens is 318 g/mol. The molecule has 0 saturated heterocycles. The zero-order chi connectivity index (χ0) is 16.3. The van der Waals surface area contributed by atoms with Gasteiger partial charge in [-0.15, -0.1) is 11.3 Å². The van der Waals surface area contributed by atoms with E-state index >= 15 is 0 Å². The van der Waals surface area contributed by atoms with Crippen LogP contribution in [-0.2, 0) is 14.8 Å². The fourth-order valence-corrected chi connectivity index (χ4v) is 4.17. The molecule has 0 spiro atoms. The second-order valence-electron chi connectivity index (χ2n) is 4.90. The molecule has 7 nitrogen and oxygen atoms in total. The van der Waals surface area contributed by atoms with Gasteiger partial charge in [0.1, 0.15) is 4.88 Å². The smallest absolute Gasteiger partial charge is 0.345 e. The quantitative estimate of drug-likeness (QED) is 0.647. The molecule has 3 N–H and O–H groups in total. The molecule has 0 aromatic carbocycles. The lowest BCUT2D eigenvalue weighted by Gasteiger charge is -2.23. The van der Waals surface area contributed by atoms with E-state index in [1.54, 1.807) is 0 Å². The summed E-state index contributed by atoms with van der Waals surface area (Å²) < 4.78 is 31.5. The van der Waals surface area contributed by atoms with Crippen molar-refractivity contribution < 1.29 is 28.2 Å². The molecule has 1 heterocycles. The third kappa shape index (κ3) is 5.04. The van der Waals surface area contributed by atoms with Crippen LogP contribution in [0, 0.1) is 6.92 Å². The van der Waals surface area contributed by atoms with Crippen molar-refractivity contribution in [1.82, 2.24) is 4.72 Å². The van der Waals surface area contributed by atoms with Crippen LogP contribution >= 0.6 is 11.3 Å². The summed E-state index contributed by atoms with van der Waals surface area (Å²) in [6.45, 7) is 3.15. The first kappa shape index (κ1) is 18.1. The van der Waals surface area contributed by atoms with Gasteiger partial charge in [-0.25, -0.2) is 17.9 Å². The van der Waals surface area contributed by atoms with Crippen LogP contribution in [0.1, 0.15) is 27.9 Å². The van der Waals surface area contributed by atoms with Gasteiger partial charge in [-0.2, -0.15) is 0 Å². The highest BCUT2D eigenvalue weighted by molar-refractivity contribution is 7.89. The Morgan fingerprint density at radius 3 is 2.62 bits per heavy atom. The standard InChI is InChI=1S/C12H19NO6S2/c1-8-10(6-9(20-8)11(14)15)21(17,18)13-7-12(2,16)4-5-19-3/h6,13,16H,4-5,7H2,1-3H3,(H,14,15). The summed E-state index contributed by atoms with van der Waals surface area (Å²) in [7, 11) is -2.38. The summed E-state index contributed by atoms with van der Waals surface area (Å²) in [5.41, 5.74) is -1.25. The first-order chi connectivity index (χ1) is 9.59. The largest absolute Gasteiger partial charge is 0.477 e. The van der Waals surface area contributed by atoms with Gasteiger partial charge in [-0.05, 0) is 19.9 Å². The maximum atomic E-state index is 12.2. The molecule has 0 bridgehead atoms. The van der Waals surface area contributed by atoms with Crippen molar-refractivity contribution >= 4 is 27.3 Å². The van der Waals surface area contributed by atoms with Crippen molar-refractivity contribution in [3.05, 3.63) is 15.8 Å². The van der Waals surface area contributed by atoms with Gasteiger partial charge in [0.2, 0.25) is 10.0 Å². The Hall–Kier alpha value is -1.00. The van der Waals surface area contributed by atoms with Gasteiger partial charge >= 0.3 is 5.97 Å². The van der Waals surface area contributed by atoms with Crippen LogP contribution in [0.25, 0.3) is 0 Å². The van der Waals surface area contributed by atoms with Gasteiger partial charge in [0.15, 0.2) is 0 Å². The van der Waals surface area contributed by atoms with Crippen molar-refractivity contribution in [3.63, 3.8) is 0 Å². The Morgan fingerprint density at radius 1 is 1.52 bits per heavy atom. The van der Waals surface area contributed by atoms with Gasteiger partial charge < -0.3 is 14.9 Å². The lowest BCUT2D eigenvalue weighted by molar-refractivity contribution is 0.0292. The Labute approximate surface area is 127 Å². The number of ether oxygens (including phenoxy) is 1. The minimum absolute atomic E-state index is 0.0426. The van der Waals surface area contributed by atoms with Gasteiger partial charge in [-0.1, -0.05) is 0 Å². The number of aliphatic hydroxyl groups is 1.